The summed E-state index contributed by atoms with van der Waals surface area (Å²) in [6.45, 7) is 2.66. The minimum absolute atomic E-state index is 0.695. The molecule has 14 heavy (non-hydrogen) atoms. The fourth-order valence-electron chi connectivity index (χ4n) is 1.93. The average molecular weight is 190 g/mol. The minimum Gasteiger partial charge on any atom is -0.314 e. The maximum atomic E-state index is 9.17. The summed E-state index contributed by atoms with van der Waals surface area (Å²) in [5.74, 6) is 0.695. The quantitative estimate of drug-likeness (QED) is 0.774. The van der Waals surface area contributed by atoms with Crippen molar-refractivity contribution >= 4 is 0 Å². The molecule has 0 bridgehead atoms. The van der Waals surface area contributed by atoms with Crippen LogP contribution in [0, 0.1) is 12.5 Å². The van der Waals surface area contributed by atoms with Crippen molar-refractivity contribution in [3.8, 4) is 0 Å². The third-order valence-corrected chi connectivity index (χ3v) is 2.78. The molecule has 1 atom stereocenters. The van der Waals surface area contributed by atoms with Crippen LogP contribution in [0.1, 0.15) is 18.4 Å². The smallest absolute Gasteiger partial charge is 0.0531 e. The third kappa shape index (κ3) is 2.56. The predicted molar refractivity (Wildman–Crippen MR) is 55.7 cm³/mol. The van der Waals surface area contributed by atoms with Gasteiger partial charge < -0.3 is 5.21 Å². The standard InChI is InChI=1S/C12H16NO/c14-13-8-6-12(7-9-13)10-11-4-2-1-3-5-11/h1-5,8,12,14H,6-7,9-10H2. The average Bonchev–Trinajstić information content (AvgIpc) is 2.23. The van der Waals surface area contributed by atoms with E-state index in [1.54, 1.807) is 0 Å². The van der Waals surface area contributed by atoms with Gasteiger partial charge in [0.05, 0.1) is 6.54 Å². The molecule has 0 saturated carbocycles. The van der Waals surface area contributed by atoms with Crippen LogP contribution in [0.15, 0.2) is 30.3 Å². The van der Waals surface area contributed by atoms with Gasteiger partial charge >= 0.3 is 0 Å². The van der Waals surface area contributed by atoms with Gasteiger partial charge in [0.2, 0.25) is 0 Å². The monoisotopic (exact) mass is 190 g/mol. The van der Waals surface area contributed by atoms with E-state index in [4.69, 9.17) is 0 Å². The second-order valence-corrected chi connectivity index (χ2v) is 3.93. The van der Waals surface area contributed by atoms with E-state index in [-0.39, 0.29) is 0 Å². The molecule has 1 aromatic rings. The molecule has 1 saturated heterocycles. The Balaban J connectivity index is 1.87. The fraction of sp³-hybridized carbons (Fsp3) is 0.417. The normalized spacial score (nSPS) is 19.8. The maximum absolute atomic E-state index is 9.17. The first-order valence-electron chi connectivity index (χ1n) is 5.17. The van der Waals surface area contributed by atoms with Crippen molar-refractivity contribution in [1.29, 1.82) is 0 Å². The van der Waals surface area contributed by atoms with E-state index in [2.05, 4.69) is 24.3 Å². The SMILES string of the molecule is ON1[CH]CC(Cc2ccccc2)CC1. The summed E-state index contributed by atoms with van der Waals surface area (Å²) in [4.78, 5) is 0. The Morgan fingerprint density at radius 1 is 1.29 bits per heavy atom. The summed E-state index contributed by atoms with van der Waals surface area (Å²) in [7, 11) is 0. The molecule has 1 aliphatic rings. The fourth-order valence-corrected chi connectivity index (χ4v) is 1.93. The van der Waals surface area contributed by atoms with Gasteiger partial charge in [-0.2, -0.15) is 5.06 Å². The second-order valence-electron chi connectivity index (χ2n) is 3.93. The third-order valence-electron chi connectivity index (χ3n) is 2.78. The Labute approximate surface area is 85.1 Å². The molecule has 0 aromatic heterocycles. The highest BCUT2D eigenvalue weighted by atomic mass is 16.5. The zero-order chi connectivity index (χ0) is 9.80. The van der Waals surface area contributed by atoms with Crippen LogP contribution in [0.2, 0.25) is 0 Å². The lowest BCUT2D eigenvalue weighted by Crippen LogP contribution is -2.27. The molecule has 1 radical (unpaired) electrons. The van der Waals surface area contributed by atoms with Crippen LogP contribution in [0.25, 0.3) is 0 Å². The number of hydrogen-bond donors (Lipinski definition) is 1. The van der Waals surface area contributed by atoms with Gasteiger partial charge in [-0.05, 0) is 30.7 Å². The van der Waals surface area contributed by atoms with Crippen LogP contribution in [-0.2, 0) is 6.42 Å². The molecule has 2 rings (SSSR count). The van der Waals surface area contributed by atoms with E-state index >= 15 is 0 Å². The van der Waals surface area contributed by atoms with Crippen LogP contribution < -0.4 is 0 Å². The summed E-state index contributed by atoms with van der Waals surface area (Å²) in [6.07, 6.45) is 3.21. The summed E-state index contributed by atoms with van der Waals surface area (Å²) in [6, 6.07) is 10.6. The number of hydroxylamine groups is 2. The molecule has 0 spiro atoms. The van der Waals surface area contributed by atoms with Crippen molar-refractivity contribution in [2.24, 2.45) is 5.92 Å². The summed E-state index contributed by atoms with van der Waals surface area (Å²) in [5.41, 5.74) is 1.40. The first-order chi connectivity index (χ1) is 6.84. The molecule has 1 fully saturated rings. The van der Waals surface area contributed by atoms with Crippen molar-refractivity contribution < 1.29 is 5.21 Å². The van der Waals surface area contributed by atoms with Gasteiger partial charge in [0.1, 0.15) is 0 Å². The van der Waals surface area contributed by atoms with Gasteiger partial charge in [0.25, 0.3) is 0 Å². The molecule has 1 heterocycles. The molecule has 1 unspecified atom stereocenters. The second kappa shape index (κ2) is 4.58. The molecule has 0 amide bonds. The van der Waals surface area contributed by atoms with Crippen molar-refractivity contribution in [1.82, 2.24) is 5.06 Å². The molecule has 75 valence electrons. The number of benzene rings is 1. The van der Waals surface area contributed by atoms with Gasteiger partial charge in [0, 0.05) is 6.54 Å². The van der Waals surface area contributed by atoms with Crippen LogP contribution in [0.3, 0.4) is 0 Å². The molecule has 2 heteroatoms. The van der Waals surface area contributed by atoms with Gasteiger partial charge in [-0.25, -0.2) is 0 Å². The summed E-state index contributed by atoms with van der Waals surface area (Å²) in [5, 5.41) is 10.5. The van der Waals surface area contributed by atoms with E-state index in [0.717, 1.165) is 25.8 Å². The lowest BCUT2D eigenvalue weighted by atomic mass is 9.91. The van der Waals surface area contributed by atoms with Crippen LogP contribution in [-0.4, -0.2) is 16.8 Å². The first kappa shape index (κ1) is 9.69. The van der Waals surface area contributed by atoms with Crippen LogP contribution >= 0.6 is 0 Å². The summed E-state index contributed by atoms with van der Waals surface area (Å²) >= 11 is 0. The number of piperidine rings is 1. The molecule has 1 aromatic carbocycles. The van der Waals surface area contributed by atoms with Crippen LogP contribution in [0.5, 0.6) is 0 Å². The zero-order valence-corrected chi connectivity index (χ0v) is 8.26. The molecule has 1 aliphatic heterocycles. The zero-order valence-electron chi connectivity index (χ0n) is 8.26. The van der Waals surface area contributed by atoms with Crippen molar-refractivity contribution in [3.05, 3.63) is 42.4 Å². The van der Waals surface area contributed by atoms with E-state index in [9.17, 15) is 5.21 Å². The minimum atomic E-state index is 0.695. The van der Waals surface area contributed by atoms with Crippen molar-refractivity contribution in [3.63, 3.8) is 0 Å². The molecule has 0 aliphatic carbocycles. The van der Waals surface area contributed by atoms with E-state index in [1.165, 1.54) is 10.6 Å². The molecular formula is C12H16NO. The highest BCUT2D eigenvalue weighted by molar-refractivity contribution is 5.15. The van der Waals surface area contributed by atoms with E-state index in [0.29, 0.717) is 5.92 Å². The van der Waals surface area contributed by atoms with Crippen molar-refractivity contribution in [2.75, 3.05) is 6.54 Å². The molecule has 2 nitrogen and oxygen atoms in total. The molecule has 1 N–H and O–H groups in total. The highest BCUT2D eigenvalue weighted by Gasteiger charge is 2.17. The highest BCUT2D eigenvalue weighted by Crippen LogP contribution is 2.22. The predicted octanol–water partition coefficient (Wildman–Crippen LogP) is 2.49. The Hall–Kier alpha value is -0.860. The Kier molecular flexibility index (Phi) is 3.17. The van der Waals surface area contributed by atoms with Crippen LogP contribution in [0.4, 0.5) is 0 Å². The topological polar surface area (TPSA) is 23.5 Å². The van der Waals surface area contributed by atoms with E-state index in [1.807, 2.05) is 12.6 Å². The Morgan fingerprint density at radius 2 is 2.07 bits per heavy atom. The lowest BCUT2D eigenvalue weighted by molar-refractivity contribution is -0.0822. The van der Waals surface area contributed by atoms with Gasteiger partial charge in [-0.1, -0.05) is 30.3 Å². The Morgan fingerprint density at radius 3 is 2.71 bits per heavy atom. The van der Waals surface area contributed by atoms with Gasteiger partial charge in [-0.3, -0.25) is 0 Å². The van der Waals surface area contributed by atoms with E-state index < -0.39 is 0 Å². The summed E-state index contributed by atoms with van der Waals surface area (Å²) < 4.78 is 0. The number of nitrogens with zero attached hydrogens (tertiary/aromatic N) is 1. The number of rotatable bonds is 2. The Bertz CT molecular complexity index is 265. The number of hydrogen-bond acceptors (Lipinski definition) is 2. The maximum Gasteiger partial charge on any atom is 0.0531 e. The van der Waals surface area contributed by atoms with Crippen molar-refractivity contribution in [2.45, 2.75) is 19.3 Å². The lowest BCUT2D eigenvalue weighted by Gasteiger charge is -2.26. The molecular weight excluding hydrogens is 174 g/mol. The van der Waals surface area contributed by atoms with Gasteiger partial charge in [-0.15, -0.1) is 0 Å². The van der Waals surface area contributed by atoms with Gasteiger partial charge in [0.15, 0.2) is 0 Å². The largest absolute Gasteiger partial charge is 0.314 e. The first-order valence-corrected chi connectivity index (χ1v) is 5.17.